The van der Waals surface area contributed by atoms with E-state index in [1.165, 1.54) is 0 Å². The van der Waals surface area contributed by atoms with Crippen LogP contribution in [0.3, 0.4) is 0 Å². The number of carbonyl (C=O) groups excluding carboxylic acids is 1. The predicted octanol–water partition coefficient (Wildman–Crippen LogP) is -1.40. The smallest absolute Gasteiger partial charge is 0.237 e. The van der Waals surface area contributed by atoms with Gasteiger partial charge in [0.25, 0.3) is 0 Å². The maximum absolute atomic E-state index is 10.6. The van der Waals surface area contributed by atoms with E-state index >= 15 is 0 Å². The van der Waals surface area contributed by atoms with Crippen molar-refractivity contribution in [2.45, 2.75) is 6.42 Å². The maximum atomic E-state index is 10.6. The number of rotatable bonds is 2. The van der Waals surface area contributed by atoms with Crippen LogP contribution in [0.5, 0.6) is 0 Å². The fourth-order valence-electron chi connectivity index (χ4n) is 0.878. The second-order valence-electron chi connectivity index (χ2n) is 2.29. The molecule has 1 saturated carbocycles. The molecule has 4 heteroatoms. The average molecular weight is 130 g/mol. The molecular formula is C5H10N2O2. The highest BCUT2D eigenvalue weighted by Crippen LogP contribution is 2.37. The first-order valence-corrected chi connectivity index (χ1v) is 2.91. The van der Waals surface area contributed by atoms with Gasteiger partial charge in [-0.2, -0.15) is 0 Å². The summed E-state index contributed by atoms with van der Waals surface area (Å²) < 4.78 is 0. The van der Waals surface area contributed by atoms with Crippen LogP contribution in [-0.2, 0) is 4.79 Å². The van der Waals surface area contributed by atoms with Crippen molar-refractivity contribution < 1.29 is 9.90 Å². The second kappa shape index (κ2) is 2.33. The van der Waals surface area contributed by atoms with E-state index in [1.54, 1.807) is 0 Å². The van der Waals surface area contributed by atoms with Gasteiger partial charge in [-0.25, -0.2) is 5.84 Å². The van der Waals surface area contributed by atoms with Gasteiger partial charge in [0.05, 0.1) is 0 Å². The van der Waals surface area contributed by atoms with Gasteiger partial charge in [-0.15, -0.1) is 0 Å². The van der Waals surface area contributed by atoms with E-state index in [0.29, 0.717) is 0 Å². The molecule has 0 unspecified atom stereocenters. The molecule has 4 nitrogen and oxygen atoms in total. The minimum Gasteiger partial charge on any atom is -0.396 e. The first-order valence-electron chi connectivity index (χ1n) is 2.91. The number of nitrogens with two attached hydrogens (primary N) is 1. The Hall–Kier alpha value is -0.610. The molecule has 9 heavy (non-hydrogen) atoms. The van der Waals surface area contributed by atoms with E-state index in [1.807, 2.05) is 5.43 Å². The van der Waals surface area contributed by atoms with Gasteiger partial charge < -0.3 is 5.11 Å². The van der Waals surface area contributed by atoms with E-state index in [4.69, 9.17) is 10.9 Å². The van der Waals surface area contributed by atoms with Gasteiger partial charge >= 0.3 is 0 Å². The number of carbonyl (C=O) groups is 1. The van der Waals surface area contributed by atoms with E-state index < -0.39 is 0 Å². The minimum atomic E-state index is -0.158. The summed E-state index contributed by atoms with van der Waals surface area (Å²) in [6, 6.07) is 0. The highest BCUT2D eigenvalue weighted by atomic mass is 16.3. The topological polar surface area (TPSA) is 75.3 Å². The minimum absolute atomic E-state index is 0.0278. The van der Waals surface area contributed by atoms with Gasteiger partial charge in [0.2, 0.25) is 5.91 Å². The fourth-order valence-corrected chi connectivity index (χ4v) is 0.878. The lowest BCUT2D eigenvalue weighted by atomic mass is 10.3. The molecule has 1 fully saturated rings. The van der Waals surface area contributed by atoms with Crippen molar-refractivity contribution in [2.75, 3.05) is 6.61 Å². The molecule has 0 heterocycles. The summed E-state index contributed by atoms with van der Waals surface area (Å²) in [4.78, 5) is 10.6. The van der Waals surface area contributed by atoms with Crippen LogP contribution in [0, 0.1) is 11.8 Å². The summed E-state index contributed by atoms with van der Waals surface area (Å²) in [6.45, 7) is 0.0953. The van der Waals surface area contributed by atoms with Crippen molar-refractivity contribution >= 4 is 5.91 Å². The maximum Gasteiger partial charge on any atom is 0.237 e. The zero-order valence-corrected chi connectivity index (χ0v) is 5.00. The largest absolute Gasteiger partial charge is 0.396 e. The van der Waals surface area contributed by atoms with Gasteiger partial charge in [0.1, 0.15) is 0 Å². The van der Waals surface area contributed by atoms with Crippen molar-refractivity contribution in [3.8, 4) is 0 Å². The van der Waals surface area contributed by atoms with Crippen LogP contribution in [0.25, 0.3) is 0 Å². The van der Waals surface area contributed by atoms with Crippen LogP contribution >= 0.6 is 0 Å². The molecular weight excluding hydrogens is 120 g/mol. The predicted molar refractivity (Wildman–Crippen MR) is 31.0 cm³/mol. The van der Waals surface area contributed by atoms with Crippen LogP contribution < -0.4 is 11.3 Å². The molecule has 0 aromatic rings. The average Bonchev–Trinajstić information content (AvgIpc) is 2.64. The third kappa shape index (κ3) is 1.20. The standard InChI is InChI=1S/C5H10N2O2/c6-7-5(9)4-1-3(4)2-8/h3-4,8H,1-2,6H2,(H,7,9)/t3-,4-/m0/s1. The fraction of sp³-hybridized carbons (Fsp3) is 0.800. The molecule has 1 aliphatic rings. The van der Waals surface area contributed by atoms with Gasteiger partial charge in [-0.05, 0) is 12.3 Å². The molecule has 2 atom stereocenters. The molecule has 0 radical (unpaired) electrons. The molecule has 1 amide bonds. The normalized spacial score (nSPS) is 31.8. The summed E-state index contributed by atoms with van der Waals surface area (Å²) in [6.07, 6.45) is 0.777. The number of nitrogens with one attached hydrogen (secondary N) is 1. The number of aliphatic hydroxyl groups excluding tert-OH is 1. The number of hydrazine groups is 1. The van der Waals surface area contributed by atoms with Gasteiger partial charge in [0, 0.05) is 12.5 Å². The summed E-state index contributed by atoms with van der Waals surface area (Å²) in [5, 5.41) is 8.50. The third-order valence-corrected chi connectivity index (χ3v) is 1.64. The van der Waals surface area contributed by atoms with Gasteiger partial charge in [-0.1, -0.05) is 0 Å². The van der Waals surface area contributed by atoms with Crippen LogP contribution in [0.1, 0.15) is 6.42 Å². The zero-order valence-electron chi connectivity index (χ0n) is 5.00. The molecule has 0 aromatic carbocycles. The van der Waals surface area contributed by atoms with Crippen molar-refractivity contribution in [3.63, 3.8) is 0 Å². The van der Waals surface area contributed by atoms with Gasteiger partial charge in [-0.3, -0.25) is 10.2 Å². The van der Waals surface area contributed by atoms with Crippen LogP contribution in [0.2, 0.25) is 0 Å². The summed E-state index contributed by atoms with van der Waals surface area (Å²) >= 11 is 0. The zero-order chi connectivity index (χ0) is 6.85. The molecule has 0 bridgehead atoms. The Balaban J connectivity index is 2.25. The Kier molecular flexibility index (Phi) is 1.68. The summed E-state index contributed by atoms with van der Waals surface area (Å²) in [7, 11) is 0. The van der Waals surface area contributed by atoms with E-state index in [-0.39, 0.29) is 24.3 Å². The van der Waals surface area contributed by atoms with E-state index in [2.05, 4.69) is 0 Å². The van der Waals surface area contributed by atoms with Crippen LogP contribution in [-0.4, -0.2) is 17.6 Å². The molecule has 0 aromatic heterocycles. The monoisotopic (exact) mass is 130 g/mol. The highest BCUT2D eigenvalue weighted by molar-refractivity contribution is 5.80. The summed E-state index contributed by atoms with van der Waals surface area (Å²) in [5.41, 5.74) is 2.04. The quantitative estimate of drug-likeness (QED) is 0.244. The Labute approximate surface area is 53.0 Å². The third-order valence-electron chi connectivity index (χ3n) is 1.64. The van der Waals surface area contributed by atoms with Crippen molar-refractivity contribution in [2.24, 2.45) is 17.7 Å². The molecule has 0 saturated heterocycles. The molecule has 0 aliphatic heterocycles. The Bertz CT molecular complexity index is 126. The lowest BCUT2D eigenvalue weighted by molar-refractivity contribution is -0.122. The number of aliphatic hydroxyl groups is 1. The van der Waals surface area contributed by atoms with Crippen LogP contribution in [0.15, 0.2) is 0 Å². The Morgan fingerprint density at radius 1 is 1.89 bits per heavy atom. The first kappa shape index (κ1) is 6.51. The molecule has 1 aliphatic carbocycles. The van der Waals surface area contributed by atoms with Crippen molar-refractivity contribution in [1.29, 1.82) is 0 Å². The molecule has 52 valence electrons. The Morgan fingerprint density at radius 3 is 2.89 bits per heavy atom. The second-order valence-corrected chi connectivity index (χ2v) is 2.29. The van der Waals surface area contributed by atoms with Gasteiger partial charge in [0.15, 0.2) is 0 Å². The van der Waals surface area contributed by atoms with Crippen molar-refractivity contribution in [3.05, 3.63) is 0 Å². The van der Waals surface area contributed by atoms with Crippen molar-refractivity contribution in [1.82, 2.24) is 5.43 Å². The number of hydrogen-bond donors (Lipinski definition) is 3. The lowest BCUT2D eigenvalue weighted by Crippen LogP contribution is -2.32. The molecule has 4 N–H and O–H groups in total. The van der Waals surface area contributed by atoms with E-state index in [9.17, 15) is 4.79 Å². The van der Waals surface area contributed by atoms with E-state index in [0.717, 1.165) is 6.42 Å². The summed E-state index contributed by atoms with van der Waals surface area (Å²) in [5.74, 6) is 4.82. The number of amides is 1. The van der Waals surface area contributed by atoms with Crippen LogP contribution in [0.4, 0.5) is 0 Å². The Morgan fingerprint density at radius 2 is 2.56 bits per heavy atom. The lowest BCUT2D eigenvalue weighted by Gasteiger charge is -1.93. The molecule has 1 rings (SSSR count). The number of hydrogen-bond acceptors (Lipinski definition) is 3. The first-order chi connectivity index (χ1) is 4.29. The highest BCUT2D eigenvalue weighted by Gasteiger charge is 2.41. The SMILES string of the molecule is NNC(=O)[C@H]1C[C@H]1CO. The molecule has 0 spiro atoms.